The molecule has 1 spiro atoms. The maximum Gasteiger partial charge on any atom is 0.362 e. The van der Waals surface area contributed by atoms with Crippen LogP contribution in [0.5, 0.6) is 0 Å². The maximum atomic E-state index is 12.4. The highest BCUT2D eigenvalue weighted by atomic mass is 16.8. The van der Waals surface area contributed by atoms with Crippen LogP contribution in [-0.4, -0.2) is 27.8 Å². The minimum atomic E-state index is -0.887. The lowest BCUT2D eigenvalue weighted by molar-refractivity contribution is -0.200. The van der Waals surface area contributed by atoms with E-state index in [2.05, 4.69) is 0 Å². The minimum Gasteiger partial charge on any atom is -0.364 e. The van der Waals surface area contributed by atoms with E-state index >= 15 is 0 Å². The average molecular weight is 275 g/mol. The molecule has 1 aromatic carbocycles. The Balaban J connectivity index is 2.11. The van der Waals surface area contributed by atoms with E-state index in [0.29, 0.717) is 0 Å². The van der Waals surface area contributed by atoms with Gasteiger partial charge in [-0.1, -0.05) is 30.3 Å². The number of epoxide rings is 1. The standard InChI is InChI=1S/C16H21NO3/c1-14(2,3)17-12(11-9-7-6-8-10-11)16(13(18)19-17)15(4,5)20-16/h6-10,12H,1-5H3/t12-,16-/m0/s1. The third-order valence-electron chi connectivity index (χ3n) is 4.15. The van der Waals surface area contributed by atoms with Gasteiger partial charge < -0.3 is 9.57 Å². The molecule has 2 atom stereocenters. The zero-order chi connectivity index (χ0) is 14.8. The molecule has 1 aromatic rings. The first kappa shape index (κ1) is 13.6. The van der Waals surface area contributed by atoms with E-state index in [1.165, 1.54) is 0 Å². The molecular weight excluding hydrogens is 254 g/mol. The number of benzene rings is 1. The van der Waals surface area contributed by atoms with Crippen molar-refractivity contribution in [2.45, 2.75) is 57.4 Å². The van der Waals surface area contributed by atoms with Crippen LogP contribution in [0.15, 0.2) is 30.3 Å². The molecule has 2 saturated heterocycles. The average Bonchev–Trinajstić information content (AvgIpc) is 2.78. The van der Waals surface area contributed by atoms with E-state index in [-0.39, 0.29) is 17.6 Å². The predicted octanol–water partition coefficient (Wildman–Crippen LogP) is 2.85. The van der Waals surface area contributed by atoms with Gasteiger partial charge in [-0.25, -0.2) is 4.79 Å². The second-order valence-corrected chi connectivity index (χ2v) is 7.04. The van der Waals surface area contributed by atoms with E-state index in [4.69, 9.17) is 9.57 Å². The summed E-state index contributed by atoms with van der Waals surface area (Å²) in [6.07, 6.45) is 0. The van der Waals surface area contributed by atoms with Crippen molar-refractivity contribution in [3.05, 3.63) is 35.9 Å². The second-order valence-electron chi connectivity index (χ2n) is 7.04. The Morgan fingerprint density at radius 3 is 2.15 bits per heavy atom. The van der Waals surface area contributed by atoms with Crippen LogP contribution in [0.3, 0.4) is 0 Å². The van der Waals surface area contributed by atoms with Crippen molar-refractivity contribution in [1.82, 2.24) is 5.06 Å². The Labute approximate surface area is 119 Å². The van der Waals surface area contributed by atoms with Crippen LogP contribution >= 0.6 is 0 Å². The highest BCUT2D eigenvalue weighted by Crippen LogP contribution is 2.62. The first-order valence-electron chi connectivity index (χ1n) is 6.97. The van der Waals surface area contributed by atoms with Gasteiger partial charge in [0.15, 0.2) is 0 Å². The van der Waals surface area contributed by atoms with Gasteiger partial charge in [-0.15, -0.1) is 5.06 Å². The Kier molecular flexibility index (Phi) is 2.60. The summed E-state index contributed by atoms with van der Waals surface area (Å²) in [6, 6.07) is 9.74. The summed E-state index contributed by atoms with van der Waals surface area (Å²) in [5, 5.41) is 1.78. The number of hydroxylamine groups is 2. The molecule has 0 aliphatic carbocycles. The lowest BCUT2D eigenvalue weighted by Crippen LogP contribution is -2.43. The van der Waals surface area contributed by atoms with Crippen molar-refractivity contribution >= 4 is 5.97 Å². The predicted molar refractivity (Wildman–Crippen MR) is 74.8 cm³/mol. The van der Waals surface area contributed by atoms with Crippen LogP contribution in [0.2, 0.25) is 0 Å². The molecule has 3 rings (SSSR count). The first-order valence-corrected chi connectivity index (χ1v) is 6.97. The van der Waals surface area contributed by atoms with Gasteiger partial charge in [0, 0.05) is 5.54 Å². The number of hydrogen-bond acceptors (Lipinski definition) is 4. The van der Waals surface area contributed by atoms with Crippen LogP contribution < -0.4 is 0 Å². The van der Waals surface area contributed by atoms with Crippen LogP contribution in [0, 0.1) is 0 Å². The van der Waals surface area contributed by atoms with Crippen LogP contribution in [0.4, 0.5) is 0 Å². The van der Waals surface area contributed by atoms with E-state index < -0.39 is 11.2 Å². The third kappa shape index (κ3) is 1.64. The molecule has 108 valence electrons. The van der Waals surface area contributed by atoms with Gasteiger partial charge in [-0.05, 0) is 40.2 Å². The van der Waals surface area contributed by atoms with E-state index in [0.717, 1.165) is 5.56 Å². The van der Waals surface area contributed by atoms with Gasteiger partial charge >= 0.3 is 5.97 Å². The zero-order valence-electron chi connectivity index (χ0n) is 12.6. The zero-order valence-corrected chi connectivity index (χ0v) is 12.6. The molecular formula is C16H21NO3. The highest BCUT2D eigenvalue weighted by molar-refractivity contribution is 5.88. The van der Waals surface area contributed by atoms with Gasteiger partial charge in [0.2, 0.25) is 5.60 Å². The quantitative estimate of drug-likeness (QED) is 0.739. The van der Waals surface area contributed by atoms with E-state index in [1.807, 2.05) is 65.0 Å². The molecule has 0 unspecified atom stereocenters. The van der Waals surface area contributed by atoms with Crippen LogP contribution in [0.1, 0.15) is 46.2 Å². The summed E-state index contributed by atoms with van der Waals surface area (Å²) in [5.74, 6) is -0.286. The van der Waals surface area contributed by atoms with Crippen LogP contribution in [-0.2, 0) is 14.4 Å². The molecule has 0 radical (unpaired) electrons. The Hall–Kier alpha value is -1.39. The first-order chi connectivity index (χ1) is 9.20. The molecule has 0 bridgehead atoms. The van der Waals surface area contributed by atoms with Gasteiger partial charge in [-0.3, -0.25) is 0 Å². The summed E-state index contributed by atoms with van der Waals surface area (Å²) in [4.78, 5) is 18.0. The van der Waals surface area contributed by atoms with Gasteiger partial charge in [0.05, 0.1) is 0 Å². The molecule has 4 nitrogen and oxygen atoms in total. The molecule has 4 heteroatoms. The molecule has 2 fully saturated rings. The summed E-state index contributed by atoms with van der Waals surface area (Å²) in [5.41, 5.74) is -0.632. The topological polar surface area (TPSA) is 42.1 Å². The third-order valence-corrected chi connectivity index (χ3v) is 4.15. The number of nitrogens with zero attached hydrogens (tertiary/aromatic N) is 1. The molecule has 2 heterocycles. The lowest BCUT2D eigenvalue weighted by atomic mass is 9.84. The molecule has 2 aliphatic heterocycles. The fraction of sp³-hybridized carbons (Fsp3) is 0.562. The number of carbonyl (C=O) groups excluding carboxylic acids is 1. The van der Waals surface area contributed by atoms with Crippen molar-refractivity contribution in [1.29, 1.82) is 0 Å². The lowest BCUT2D eigenvalue weighted by Gasteiger charge is -2.34. The fourth-order valence-electron chi connectivity index (χ4n) is 3.07. The highest BCUT2D eigenvalue weighted by Gasteiger charge is 2.80. The van der Waals surface area contributed by atoms with Crippen LogP contribution in [0.25, 0.3) is 0 Å². The van der Waals surface area contributed by atoms with Crippen molar-refractivity contribution in [3.63, 3.8) is 0 Å². The summed E-state index contributed by atoms with van der Waals surface area (Å²) >= 11 is 0. The van der Waals surface area contributed by atoms with Crippen molar-refractivity contribution < 1.29 is 14.4 Å². The molecule has 20 heavy (non-hydrogen) atoms. The molecule has 0 amide bonds. The number of hydrogen-bond donors (Lipinski definition) is 0. The fourth-order valence-corrected chi connectivity index (χ4v) is 3.07. The van der Waals surface area contributed by atoms with E-state index in [9.17, 15) is 4.79 Å². The van der Waals surface area contributed by atoms with Gasteiger partial charge in [0.1, 0.15) is 11.6 Å². The Morgan fingerprint density at radius 2 is 1.70 bits per heavy atom. The Morgan fingerprint density at radius 1 is 1.15 bits per heavy atom. The minimum absolute atomic E-state index is 0.216. The smallest absolute Gasteiger partial charge is 0.362 e. The number of ether oxygens (including phenoxy) is 1. The SMILES string of the molecule is CC(C)(C)N1OC(=O)[C@@]2(OC2(C)C)[C@@H]1c1ccccc1. The molecule has 2 aliphatic rings. The maximum absolute atomic E-state index is 12.4. The second kappa shape index (κ2) is 3.83. The summed E-state index contributed by atoms with van der Waals surface area (Å²) < 4.78 is 5.84. The largest absolute Gasteiger partial charge is 0.364 e. The van der Waals surface area contributed by atoms with Gasteiger partial charge in [-0.2, -0.15) is 0 Å². The van der Waals surface area contributed by atoms with Gasteiger partial charge in [0.25, 0.3) is 0 Å². The number of carbonyl (C=O) groups is 1. The molecule has 0 aromatic heterocycles. The monoisotopic (exact) mass is 275 g/mol. The van der Waals surface area contributed by atoms with E-state index in [1.54, 1.807) is 5.06 Å². The Bertz CT molecular complexity index is 547. The molecule has 0 N–H and O–H groups in total. The van der Waals surface area contributed by atoms with Crippen molar-refractivity contribution in [2.75, 3.05) is 0 Å². The number of rotatable bonds is 1. The van der Waals surface area contributed by atoms with Crippen molar-refractivity contribution in [2.24, 2.45) is 0 Å². The summed E-state index contributed by atoms with van der Waals surface area (Å²) in [7, 11) is 0. The summed E-state index contributed by atoms with van der Waals surface area (Å²) in [6.45, 7) is 9.98. The van der Waals surface area contributed by atoms with Crippen molar-refractivity contribution in [3.8, 4) is 0 Å². The molecule has 0 saturated carbocycles. The normalized spacial score (nSPS) is 32.5.